The molecule has 1 unspecified atom stereocenters. The average molecular weight is 248 g/mol. The average Bonchev–Trinajstić information content (AvgIpc) is 2.83. The van der Waals surface area contributed by atoms with E-state index in [0.29, 0.717) is 0 Å². The minimum atomic E-state index is 0.180. The Balaban J connectivity index is 2.05. The zero-order valence-electron chi connectivity index (χ0n) is 10.1. The molecule has 2 aromatic rings. The molecule has 0 radical (unpaired) electrons. The SMILES string of the molecule is CCCc1cc(NC(C)c2nccs2)ncn1. The molecular weight excluding hydrogens is 232 g/mol. The lowest BCUT2D eigenvalue weighted by atomic mass is 10.2. The van der Waals surface area contributed by atoms with Gasteiger partial charge in [0, 0.05) is 23.3 Å². The molecule has 0 fully saturated rings. The van der Waals surface area contributed by atoms with E-state index in [1.54, 1.807) is 17.7 Å². The van der Waals surface area contributed by atoms with E-state index in [4.69, 9.17) is 0 Å². The zero-order valence-corrected chi connectivity index (χ0v) is 10.9. The van der Waals surface area contributed by atoms with Crippen LogP contribution in [0.2, 0.25) is 0 Å². The second-order valence-electron chi connectivity index (χ2n) is 3.88. The van der Waals surface area contributed by atoms with Gasteiger partial charge in [-0.25, -0.2) is 15.0 Å². The van der Waals surface area contributed by atoms with Crippen molar-refractivity contribution in [1.29, 1.82) is 0 Å². The third kappa shape index (κ3) is 3.23. The number of hydrogen-bond acceptors (Lipinski definition) is 5. The van der Waals surface area contributed by atoms with Gasteiger partial charge in [0.1, 0.15) is 17.2 Å². The maximum Gasteiger partial charge on any atom is 0.130 e. The topological polar surface area (TPSA) is 50.7 Å². The summed E-state index contributed by atoms with van der Waals surface area (Å²) in [6.45, 7) is 4.23. The van der Waals surface area contributed by atoms with E-state index in [2.05, 4.69) is 34.1 Å². The summed E-state index contributed by atoms with van der Waals surface area (Å²) in [5.41, 5.74) is 1.08. The van der Waals surface area contributed by atoms with Crippen molar-refractivity contribution in [2.24, 2.45) is 0 Å². The number of aromatic nitrogens is 3. The monoisotopic (exact) mass is 248 g/mol. The largest absolute Gasteiger partial charge is 0.361 e. The van der Waals surface area contributed by atoms with Crippen LogP contribution in [-0.2, 0) is 6.42 Å². The van der Waals surface area contributed by atoms with Crippen LogP contribution in [0.1, 0.15) is 37.0 Å². The number of thiazole rings is 1. The van der Waals surface area contributed by atoms with Crippen LogP contribution in [0.5, 0.6) is 0 Å². The first-order chi connectivity index (χ1) is 8.29. The van der Waals surface area contributed by atoms with Gasteiger partial charge in [0.05, 0.1) is 6.04 Å². The summed E-state index contributed by atoms with van der Waals surface area (Å²) in [7, 11) is 0. The highest BCUT2D eigenvalue weighted by Gasteiger charge is 2.08. The molecule has 1 atom stereocenters. The van der Waals surface area contributed by atoms with Gasteiger partial charge in [0.15, 0.2) is 0 Å². The van der Waals surface area contributed by atoms with E-state index in [0.717, 1.165) is 29.4 Å². The number of aryl methyl sites for hydroxylation is 1. The number of hydrogen-bond donors (Lipinski definition) is 1. The van der Waals surface area contributed by atoms with Gasteiger partial charge in [-0.2, -0.15) is 0 Å². The van der Waals surface area contributed by atoms with Gasteiger partial charge >= 0.3 is 0 Å². The Hall–Kier alpha value is -1.49. The predicted octanol–water partition coefficient (Wildman–Crippen LogP) is 3.06. The van der Waals surface area contributed by atoms with Crippen LogP contribution in [0.3, 0.4) is 0 Å². The Kier molecular flexibility index (Phi) is 4.03. The quantitative estimate of drug-likeness (QED) is 0.883. The molecular formula is C12H16N4S. The van der Waals surface area contributed by atoms with Crippen molar-refractivity contribution in [1.82, 2.24) is 15.0 Å². The molecule has 0 bridgehead atoms. The number of anilines is 1. The van der Waals surface area contributed by atoms with Gasteiger partial charge in [-0.3, -0.25) is 0 Å². The maximum atomic E-state index is 4.28. The highest BCUT2D eigenvalue weighted by Crippen LogP contribution is 2.19. The van der Waals surface area contributed by atoms with Crippen molar-refractivity contribution >= 4 is 17.2 Å². The van der Waals surface area contributed by atoms with E-state index < -0.39 is 0 Å². The van der Waals surface area contributed by atoms with Crippen molar-refractivity contribution in [3.63, 3.8) is 0 Å². The summed E-state index contributed by atoms with van der Waals surface area (Å²) in [4.78, 5) is 12.7. The smallest absolute Gasteiger partial charge is 0.130 e. The Bertz CT molecular complexity index is 455. The molecule has 0 aliphatic rings. The van der Waals surface area contributed by atoms with Gasteiger partial charge < -0.3 is 5.32 Å². The van der Waals surface area contributed by atoms with E-state index >= 15 is 0 Å². The fourth-order valence-electron chi connectivity index (χ4n) is 1.60. The van der Waals surface area contributed by atoms with Crippen molar-refractivity contribution in [2.45, 2.75) is 32.7 Å². The normalized spacial score (nSPS) is 12.4. The van der Waals surface area contributed by atoms with Crippen LogP contribution in [0.15, 0.2) is 24.0 Å². The van der Waals surface area contributed by atoms with Crippen molar-refractivity contribution in [3.05, 3.63) is 34.7 Å². The number of rotatable bonds is 5. The lowest BCUT2D eigenvalue weighted by Crippen LogP contribution is -2.08. The van der Waals surface area contributed by atoms with E-state index in [9.17, 15) is 0 Å². The van der Waals surface area contributed by atoms with Crippen LogP contribution in [0.4, 0.5) is 5.82 Å². The zero-order chi connectivity index (χ0) is 12.1. The standard InChI is InChI=1S/C12H16N4S/c1-3-4-10-7-11(15-8-14-10)16-9(2)12-13-5-6-17-12/h5-9H,3-4H2,1-2H3,(H,14,15,16). The summed E-state index contributed by atoms with van der Waals surface area (Å²) in [5, 5.41) is 6.39. The minimum Gasteiger partial charge on any atom is -0.361 e. The number of nitrogens with zero attached hydrogens (tertiary/aromatic N) is 3. The van der Waals surface area contributed by atoms with Crippen molar-refractivity contribution in [2.75, 3.05) is 5.32 Å². The highest BCUT2D eigenvalue weighted by molar-refractivity contribution is 7.09. The molecule has 2 aromatic heterocycles. The first-order valence-electron chi connectivity index (χ1n) is 5.76. The third-order valence-electron chi connectivity index (χ3n) is 2.42. The molecule has 0 amide bonds. The van der Waals surface area contributed by atoms with Crippen LogP contribution in [0.25, 0.3) is 0 Å². The molecule has 4 nitrogen and oxygen atoms in total. The molecule has 0 saturated heterocycles. The Morgan fingerprint density at radius 2 is 2.24 bits per heavy atom. The second-order valence-corrected chi connectivity index (χ2v) is 4.81. The molecule has 2 rings (SSSR count). The minimum absolute atomic E-state index is 0.180. The lowest BCUT2D eigenvalue weighted by Gasteiger charge is -2.12. The van der Waals surface area contributed by atoms with Gasteiger partial charge in [-0.05, 0) is 13.3 Å². The first kappa shape index (κ1) is 12.0. The molecule has 1 N–H and O–H groups in total. The number of nitrogens with one attached hydrogen (secondary N) is 1. The molecule has 0 aliphatic carbocycles. The van der Waals surface area contributed by atoms with Gasteiger partial charge in [0.25, 0.3) is 0 Å². The molecule has 0 spiro atoms. The van der Waals surface area contributed by atoms with E-state index in [1.807, 2.05) is 17.6 Å². The molecule has 0 saturated carbocycles. The second kappa shape index (κ2) is 5.72. The molecule has 90 valence electrons. The predicted molar refractivity (Wildman–Crippen MR) is 70.2 cm³/mol. The fraction of sp³-hybridized carbons (Fsp3) is 0.417. The Morgan fingerprint density at radius 1 is 1.35 bits per heavy atom. The molecule has 17 heavy (non-hydrogen) atoms. The van der Waals surface area contributed by atoms with Crippen LogP contribution >= 0.6 is 11.3 Å². The van der Waals surface area contributed by atoms with E-state index in [-0.39, 0.29) is 6.04 Å². The van der Waals surface area contributed by atoms with Gasteiger partial charge in [0.2, 0.25) is 0 Å². The summed E-state index contributed by atoms with van der Waals surface area (Å²) >= 11 is 1.65. The Morgan fingerprint density at radius 3 is 2.94 bits per heavy atom. The first-order valence-corrected chi connectivity index (χ1v) is 6.64. The van der Waals surface area contributed by atoms with Gasteiger partial charge in [-0.1, -0.05) is 13.3 Å². The van der Waals surface area contributed by atoms with Gasteiger partial charge in [-0.15, -0.1) is 11.3 Å². The molecule has 2 heterocycles. The maximum absolute atomic E-state index is 4.28. The van der Waals surface area contributed by atoms with Crippen molar-refractivity contribution in [3.8, 4) is 0 Å². The molecule has 0 aliphatic heterocycles. The summed E-state index contributed by atoms with van der Waals surface area (Å²) in [6.07, 6.45) is 5.52. The summed E-state index contributed by atoms with van der Waals surface area (Å²) < 4.78 is 0. The van der Waals surface area contributed by atoms with Crippen LogP contribution < -0.4 is 5.32 Å². The summed E-state index contributed by atoms with van der Waals surface area (Å²) in [6, 6.07) is 2.19. The van der Waals surface area contributed by atoms with E-state index in [1.165, 1.54) is 0 Å². The van der Waals surface area contributed by atoms with Crippen LogP contribution in [0, 0.1) is 0 Å². The summed E-state index contributed by atoms with van der Waals surface area (Å²) in [5.74, 6) is 0.867. The third-order valence-corrected chi connectivity index (χ3v) is 3.37. The lowest BCUT2D eigenvalue weighted by molar-refractivity contribution is 0.842. The molecule has 0 aromatic carbocycles. The fourth-order valence-corrected chi connectivity index (χ4v) is 2.25. The van der Waals surface area contributed by atoms with Crippen molar-refractivity contribution < 1.29 is 0 Å². The Labute approximate surface area is 105 Å². The highest BCUT2D eigenvalue weighted by atomic mass is 32.1. The van der Waals surface area contributed by atoms with Crippen LogP contribution in [-0.4, -0.2) is 15.0 Å². The molecule has 5 heteroatoms.